The lowest BCUT2D eigenvalue weighted by Gasteiger charge is -2.40. The van der Waals surface area contributed by atoms with Crippen LogP contribution in [0.1, 0.15) is 28.1 Å². The molecule has 1 aromatic heterocycles. The topological polar surface area (TPSA) is 38.3 Å². The second-order valence-electron chi connectivity index (χ2n) is 8.17. The van der Waals surface area contributed by atoms with E-state index in [1.807, 2.05) is 36.4 Å². The maximum Gasteiger partial charge on any atom is 0.267 e. The summed E-state index contributed by atoms with van der Waals surface area (Å²) in [6.07, 6.45) is 2.22. The van der Waals surface area contributed by atoms with Crippen molar-refractivity contribution in [2.24, 2.45) is 0 Å². The summed E-state index contributed by atoms with van der Waals surface area (Å²) in [6, 6.07) is 16.6. The summed E-state index contributed by atoms with van der Waals surface area (Å²) in [5, 5.41) is 4.43. The molecule has 0 unspecified atom stereocenters. The van der Waals surface area contributed by atoms with E-state index in [0.717, 1.165) is 52.9 Å². The van der Waals surface area contributed by atoms with E-state index >= 15 is 0 Å². The zero-order valence-electron chi connectivity index (χ0n) is 17.2. The van der Waals surface area contributed by atoms with Crippen molar-refractivity contribution in [3.8, 4) is 0 Å². The van der Waals surface area contributed by atoms with E-state index in [1.165, 1.54) is 16.9 Å². The maximum atomic E-state index is 12.7. The number of nitrogens with zero attached hydrogens (tertiary/aromatic N) is 1. The van der Waals surface area contributed by atoms with Crippen LogP contribution < -0.4 is 17.7 Å². The minimum Gasteiger partial charge on any atom is -1.00 e. The molecule has 1 N–H and O–H groups in total. The Morgan fingerprint density at radius 2 is 1.80 bits per heavy atom. The summed E-state index contributed by atoms with van der Waals surface area (Å²) in [4.78, 5) is 13.3. The molecule has 0 spiro atoms. The number of fused-ring (bicyclic) bond motifs is 1. The number of carbonyl (C=O) groups is 1. The number of ether oxygens (including phenoxy) is 1. The second-order valence-corrected chi connectivity index (χ2v) is 9.60. The Bertz CT molecular complexity index is 1010. The third kappa shape index (κ3) is 4.98. The lowest BCUT2D eigenvalue weighted by atomic mass is 10.0. The van der Waals surface area contributed by atoms with Crippen LogP contribution in [-0.2, 0) is 11.3 Å². The number of hydrogen-bond acceptors (Lipinski definition) is 3. The van der Waals surface area contributed by atoms with Gasteiger partial charge in [0.2, 0.25) is 0 Å². The number of quaternary nitrogens is 1. The van der Waals surface area contributed by atoms with Gasteiger partial charge in [0.1, 0.15) is 11.4 Å². The Labute approximate surface area is 192 Å². The van der Waals surface area contributed by atoms with Gasteiger partial charge in [0.05, 0.1) is 38.4 Å². The third-order valence-corrected chi connectivity index (χ3v) is 7.40. The molecule has 30 heavy (non-hydrogen) atoms. The average Bonchev–Trinajstić information content (AvgIpc) is 3.07. The number of halogens is 2. The van der Waals surface area contributed by atoms with Gasteiger partial charge in [-0.05, 0) is 18.2 Å². The first-order chi connectivity index (χ1) is 13.9. The van der Waals surface area contributed by atoms with Crippen molar-refractivity contribution < 1.29 is 26.4 Å². The fraction of sp³-hybridized carbons (Fsp3) is 0.348. The molecule has 2 aromatic carbocycles. The number of hydrogen-bond donors (Lipinski definition) is 1. The van der Waals surface area contributed by atoms with Crippen molar-refractivity contribution in [3.05, 3.63) is 64.0 Å². The van der Waals surface area contributed by atoms with Crippen LogP contribution in [0.5, 0.6) is 0 Å². The molecule has 7 heteroatoms. The lowest BCUT2D eigenvalue weighted by molar-refractivity contribution is -0.929. The third-order valence-electron chi connectivity index (χ3n) is 5.72. The molecule has 1 fully saturated rings. The summed E-state index contributed by atoms with van der Waals surface area (Å²) in [5.41, 5.74) is 2.04. The van der Waals surface area contributed by atoms with E-state index in [-0.39, 0.29) is 18.3 Å². The van der Waals surface area contributed by atoms with Gasteiger partial charge in [0, 0.05) is 34.2 Å². The van der Waals surface area contributed by atoms with Crippen molar-refractivity contribution in [2.75, 3.05) is 32.6 Å². The zero-order valence-corrected chi connectivity index (χ0v) is 19.5. The summed E-state index contributed by atoms with van der Waals surface area (Å²) >= 11 is 7.85. The molecular weight excluding hydrogens is 439 g/mol. The number of benzene rings is 2. The molecule has 0 atom stereocenters. The highest BCUT2D eigenvalue weighted by Gasteiger charge is 2.30. The van der Waals surface area contributed by atoms with Crippen LogP contribution in [0.25, 0.3) is 10.1 Å². The van der Waals surface area contributed by atoms with Gasteiger partial charge in [0.25, 0.3) is 5.91 Å². The normalized spacial score (nSPS) is 15.0. The molecule has 160 valence electrons. The first-order valence-electron chi connectivity index (χ1n) is 9.92. The molecule has 4 rings (SSSR count). The molecule has 1 aliphatic rings. The lowest BCUT2D eigenvalue weighted by Crippen LogP contribution is -3.00. The van der Waals surface area contributed by atoms with Gasteiger partial charge in [-0.1, -0.05) is 41.9 Å². The number of anilines is 1. The fourth-order valence-corrected chi connectivity index (χ4v) is 5.44. The highest BCUT2D eigenvalue weighted by atomic mass is 35.5. The predicted molar refractivity (Wildman–Crippen MR) is 121 cm³/mol. The molecule has 2 heterocycles. The Morgan fingerprint density at radius 3 is 2.47 bits per heavy atom. The van der Waals surface area contributed by atoms with E-state index in [0.29, 0.717) is 15.9 Å². The Kier molecular flexibility index (Phi) is 7.43. The Balaban J connectivity index is 0.00000256. The minimum absolute atomic E-state index is 0. The number of amides is 1. The molecule has 4 nitrogen and oxygen atoms in total. The minimum atomic E-state index is -0.165. The molecule has 1 aliphatic heterocycles. The highest BCUT2D eigenvalue weighted by Crippen LogP contribution is 2.35. The standard InChI is InChI=1S/C23H25ClN2O2S.ClH/c1-26(2,18-11-13-28-14-12-18)15-16-7-9-17(10-8-16)25-23(27)22-21(24)19-5-3-4-6-20(19)29-22;/h3-10,18H,11-15H2,1-2H3;1H. The molecule has 0 radical (unpaired) electrons. The first-order valence-corrected chi connectivity index (χ1v) is 11.1. The van der Waals surface area contributed by atoms with Crippen molar-refractivity contribution in [2.45, 2.75) is 25.4 Å². The SMILES string of the molecule is C[N+](C)(Cc1ccc(NC(=O)c2sc3ccccc3c2Cl)cc1)C1CCOCC1.[Cl-]. The molecule has 1 amide bonds. The highest BCUT2D eigenvalue weighted by molar-refractivity contribution is 7.21. The molecule has 0 bridgehead atoms. The average molecular weight is 465 g/mol. The number of thiophene rings is 1. The van der Waals surface area contributed by atoms with Crippen LogP contribution in [0.4, 0.5) is 5.69 Å². The van der Waals surface area contributed by atoms with Crippen LogP contribution in [0.3, 0.4) is 0 Å². The van der Waals surface area contributed by atoms with E-state index in [9.17, 15) is 4.79 Å². The maximum absolute atomic E-state index is 12.7. The molecule has 0 saturated carbocycles. The molecule has 1 saturated heterocycles. The monoisotopic (exact) mass is 464 g/mol. The van der Waals surface area contributed by atoms with Crippen LogP contribution in [0, 0.1) is 0 Å². The first kappa shape index (κ1) is 23.0. The summed E-state index contributed by atoms with van der Waals surface area (Å²) in [5.74, 6) is -0.165. The smallest absolute Gasteiger partial charge is 0.267 e. The van der Waals surface area contributed by atoms with Crippen molar-refractivity contribution in [1.82, 2.24) is 0 Å². The second kappa shape index (κ2) is 9.67. The van der Waals surface area contributed by atoms with Gasteiger partial charge >= 0.3 is 0 Å². The van der Waals surface area contributed by atoms with Crippen LogP contribution >= 0.6 is 22.9 Å². The fourth-order valence-electron chi connectivity index (χ4n) is 4.03. The quantitative estimate of drug-likeness (QED) is 0.589. The summed E-state index contributed by atoms with van der Waals surface area (Å²) < 4.78 is 7.47. The van der Waals surface area contributed by atoms with Gasteiger partial charge < -0.3 is 26.9 Å². The van der Waals surface area contributed by atoms with Gasteiger partial charge in [-0.15, -0.1) is 11.3 Å². The molecular formula is C23H26Cl2N2O2S. The molecule has 0 aliphatic carbocycles. The van der Waals surface area contributed by atoms with Crippen molar-refractivity contribution >= 4 is 44.6 Å². The Morgan fingerprint density at radius 1 is 1.13 bits per heavy atom. The van der Waals surface area contributed by atoms with Crippen LogP contribution in [-0.4, -0.2) is 43.7 Å². The van der Waals surface area contributed by atoms with Gasteiger partial charge in [0.15, 0.2) is 0 Å². The number of nitrogens with one attached hydrogen (secondary N) is 1. The number of rotatable bonds is 5. The van der Waals surface area contributed by atoms with Gasteiger partial charge in [-0.3, -0.25) is 4.79 Å². The van der Waals surface area contributed by atoms with E-state index < -0.39 is 0 Å². The van der Waals surface area contributed by atoms with E-state index in [4.69, 9.17) is 16.3 Å². The largest absolute Gasteiger partial charge is 1.00 e. The van der Waals surface area contributed by atoms with Crippen LogP contribution in [0.2, 0.25) is 5.02 Å². The van der Waals surface area contributed by atoms with Crippen molar-refractivity contribution in [3.63, 3.8) is 0 Å². The van der Waals surface area contributed by atoms with Crippen molar-refractivity contribution in [1.29, 1.82) is 0 Å². The van der Waals surface area contributed by atoms with Gasteiger partial charge in [-0.2, -0.15) is 0 Å². The van der Waals surface area contributed by atoms with E-state index in [1.54, 1.807) is 0 Å². The van der Waals surface area contributed by atoms with Crippen LogP contribution in [0.15, 0.2) is 48.5 Å². The van der Waals surface area contributed by atoms with Gasteiger partial charge in [-0.25, -0.2) is 0 Å². The number of carbonyl (C=O) groups excluding carboxylic acids is 1. The predicted octanol–water partition coefficient (Wildman–Crippen LogP) is 2.57. The summed E-state index contributed by atoms with van der Waals surface area (Å²) in [7, 11) is 4.57. The molecule has 3 aromatic rings. The van der Waals surface area contributed by atoms with E-state index in [2.05, 4.69) is 31.5 Å². The Hall–Kier alpha value is -1.63. The zero-order chi connectivity index (χ0) is 20.4. The summed E-state index contributed by atoms with van der Waals surface area (Å²) in [6.45, 7) is 2.68.